The van der Waals surface area contributed by atoms with E-state index in [1.807, 2.05) is 0 Å². The van der Waals surface area contributed by atoms with Gasteiger partial charge in [-0.1, -0.05) is 28.8 Å². The standard InChI is InChI=1S/C12H23BrO/c1-10(2)14-9-5-8-12(13)11-6-3-4-7-11/h10-12H,3-9H2,1-2H3. The second-order valence-corrected chi connectivity index (χ2v) is 5.80. The van der Waals surface area contributed by atoms with E-state index in [2.05, 4.69) is 29.8 Å². The van der Waals surface area contributed by atoms with Crippen LogP contribution in [0.4, 0.5) is 0 Å². The van der Waals surface area contributed by atoms with Gasteiger partial charge >= 0.3 is 0 Å². The quantitative estimate of drug-likeness (QED) is 0.517. The van der Waals surface area contributed by atoms with Gasteiger partial charge in [0, 0.05) is 11.4 Å². The lowest BCUT2D eigenvalue weighted by atomic mass is 10.0. The summed E-state index contributed by atoms with van der Waals surface area (Å²) in [7, 11) is 0. The van der Waals surface area contributed by atoms with Crippen molar-refractivity contribution < 1.29 is 4.74 Å². The molecule has 0 aliphatic heterocycles. The minimum atomic E-state index is 0.384. The van der Waals surface area contributed by atoms with Crippen LogP contribution in [0.5, 0.6) is 0 Å². The van der Waals surface area contributed by atoms with Gasteiger partial charge in [0.2, 0.25) is 0 Å². The molecule has 0 aromatic heterocycles. The predicted molar refractivity (Wildman–Crippen MR) is 65.0 cm³/mol. The minimum Gasteiger partial charge on any atom is -0.379 e. The molecule has 2 heteroatoms. The van der Waals surface area contributed by atoms with Gasteiger partial charge in [-0.2, -0.15) is 0 Å². The van der Waals surface area contributed by atoms with E-state index < -0.39 is 0 Å². The first-order valence-corrected chi connectivity index (χ1v) is 6.87. The fourth-order valence-corrected chi connectivity index (χ4v) is 3.00. The van der Waals surface area contributed by atoms with Crippen molar-refractivity contribution in [1.29, 1.82) is 0 Å². The Morgan fingerprint density at radius 1 is 1.29 bits per heavy atom. The zero-order valence-corrected chi connectivity index (χ0v) is 11.1. The summed E-state index contributed by atoms with van der Waals surface area (Å²) in [5, 5.41) is 0. The molecule has 0 spiro atoms. The van der Waals surface area contributed by atoms with Crippen LogP contribution in [-0.4, -0.2) is 17.5 Å². The second-order valence-electron chi connectivity index (χ2n) is 4.62. The Bertz CT molecular complexity index is 141. The highest BCUT2D eigenvalue weighted by Gasteiger charge is 2.22. The van der Waals surface area contributed by atoms with Crippen LogP contribution < -0.4 is 0 Å². The zero-order valence-electron chi connectivity index (χ0n) is 9.47. The van der Waals surface area contributed by atoms with Crippen molar-refractivity contribution in [3.05, 3.63) is 0 Å². The molecule has 1 aliphatic carbocycles. The Morgan fingerprint density at radius 2 is 1.93 bits per heavy atom. The normalized spacial score (nSPS) is 20.6. The van der Waals surface area contributed by atoms with Crippen molar-refractivity contribution in [2.75, 3.05) is 6.61 Å². The topological polar surface area (TPSA) is 9.23 Å². The molecule has 0 bridgehead atoms. The van der Waals surface area contributed by atoms with Gasteiger partial charge in [-0.15, -0.1) is 0 Å². The van der Waals surface area contributed by atoms with E-state index in [1.165, 1.54) is 38.5 Å². The van der Waals surface area contributed by atoms with Crippen LogP contribution in [0.15, 0.2) is 0 Å². The first kappa shape index (κ1) is 12.5. The van der Waals surface area contributed by atoms with Gasteiger partial charge in [-0.05, 0) is 45.4 Å². The molecule has 1 unspecified atom stereocenters. The van der Waals surface area contributed by atoms with Crippen LogP contribution in [-0.2, 0) is 4.74 Å². The largest absolute Gasteiger partial charge is 0.379 e. The lowest BCUT2D eigenvalue weighted by Crippen LogP contribution is -2.12. The second kappa shape index (κ2) is 6.84. The van der Waals surface area contributed by atoms with Gasteiger partial charge in [0.1, 0.15) is 0 Å². The Balaban J connectivity index is 1.99. The third-order valence-corrected chi connectivity index (χ3v) is 4.19. The maximum absolute atomic E-state index is 5.53. The number of ether oxygens (including phenoxy) is 1. The summed E-state index contributed by atoms with van der Waals surface area (Å²) in [6.07, 6.45) is 8.60. The molecular weight excluding hydrogens is 240 g/mol. The fourth-order valence-electron chi connectivity index (χ4n) is 2.15. The highest BCUT2D eigenvalue weighted by Crippen LogP contribution is 2.33. The van der Waals surface area contributed by atoms with Gasteiger partial charge in [0.25, 0.3) is 0 Å². The van der Waals surface area contributed by atoms with Crippen molar-refractivity contribution in [3.63, 3.8) is 0 Å². The number of hydrogen-bond acceptors (Lipinski definition) is 1. The molecule has 0 aromatic rings. The van der Waals surface area contributed by atoms with Crippen molar-refractivity contribution in [1.82, 2.24) is 0 Å². The van der Waals surface area contributed by atoms with Gasteiger partial charge in [0.05, 0.1) is 6.10 Å². The predicted octanol–water partition coefficient (Wildman–Crippen LogP) is 4.15. The van der Waals surface area contributed by atoms with Gasteiger partial charge in [0.15, 0.2) is 0 Å². The van der Waals surface area contributed by atoms with E-state index in [-0.39, 0.29) is 0 Å². The summed E-state index contributed by atoms with van der Waals surface area (Å²) in [5.74, 6) is 0.939. The van der Waals surface area contributed by atoms with Crippen LogP contribution in [0.2, 0.25) is 0 Å². The van der Waals surface area contributed by atoms with Crippen molar-refractivity contribution >= 4 is 15.9 Å². The molecule has 0 heterocycles. The molecule has 0 amide bonds. The maximum atomic E-state index is 5.53. The Kier molecular flexibility index (Phi) is 6.11. The molecule has 1 saturated carbocycles. The Labute approximate surface area is 96.7 Å². The highest BCUT2D eigenvalue weighted by atomic mass is 79.9. The molecule has 0 radical (unpaired) electrons. The molecular formula is C12H23BrO. The lowest BCUT2D eigenvalue weighted by Gasteiger charge is -2.17. The average Bonchev–Trinajstić information content (AvgIpc) is 2.64. The highest BCUT2D eigenvalue weighted by molar-refractivity contribution is 9.09. The van der Waals surface area contributed by atoms with Crippen LogP contribution in [0.25, 0.3) is 0 Å². The summed E-state index contributed by atoms with van der Waals surface area (Å²) in [6, 6.07) is 0. The molecule has 1 aliphatic rings. The van der Waals surface area contributed by atoms with E-state index in [0.29, 0.717) is 6.10 Å². The molecule has 0 N–H and O–H groups in total. The first-order valence-electron chi connectivity index (χ1n) is 5.96. The third kappa shape index (κ3) is 4.79. The van der Waals surface area contributed by atoms with E-state index in [0.717, 1.165) is 17.4 Å². The zero-order chi connectivity index (χ0) is 10.4. The molecule has 0 saturated heterocycles. The van der Waals surface area contributed by atoms with Crippen LogP contribution in [0.3, 0.4) is 0 Å². The third-order valence-electron chi connectivity index (χ3n) is 2.99. The SMILES string of the molecule is CC(C)OCCCC(Br)C1CCCC1. The smallest absolute Gasteiger partial charge is 0.0518 e. The summed E-state index contributed by atoms with van der Waals surface area (Å²) < 4.78 is 5.53. The lowest BCUT2D eigenvalue weighted by molar-refractivity contribution is 0.0755. The van der Waals surface area contributed by atoms with E-state index in [1.54, 1.807) is 0 Å². The van der Waals surface area contributed by atoms with Gasteiger partial charge in [-0.25, -0.2) is 0 Å². The molecule has 14 heavy (non-hydrogen) atoms. The molecule has 0 aromatic carbocycles. The Morgan fingerprint density at radius 3 is 2.50 bits per heavy atom. The number of hydrogen-bond donors (Lipinski definition) is 0. The van der Waals surface area contributed by atoms with E-state index in [9.17, 15) is 0 Å². The number of alkyl halides is 1. The summed E-state index contributed by atoms with van der Waals surface area (Å²) in [5.41, 5.74) is 0. The summed E-state index contributed by atoms with van der Waals surface area (Å²) in [4.78, 5) is 0.737. The monoisotopic (exact) mass is 262 g/mol. The van der Waals surface area contributed by atoms with Crippen LogP contribution >= 0.6 is 15.9 Å². The minimum absolute atomic E-state index is 0.384. The van der Waals surface area contributed by atoms with E-state index >= 15 is 0 Å². The molecule has 1 atom stereocenters. The van der Waals surface area contributed by atoms with Crippen molar-refractivity contribution in [2.24, 2.45) is 5.92 Å². The van der Waals surface area contributed by atoms with Crippen molar-refractivity contribution in [3.8, 4) is 0 Å². The van der Waals surface area contributed by atoms with Gasteiger partial charge in [-0.3, -0.25) is 0 Å². The molecule has 1 rings (SSSR count). The van der Waals surface area contributed by atoms with Crippen molar-refractivity contribution in [2.45, 2.75) is 63.3 Å². The van der Waals surface area contributed by atoms with Crippen LogP contribution in [0.1, 0.15) is 52.4 Å². The number of halogens is 1. The molecule has 1 fully saturated rings. The van der Waals surface area contributed by atoms with Gasteiger partial charge < -0.3 is 4.74 Å². The summed E-state index contributed by atoms with van der Waals surface area (Å²) >= 11 is 3.82. The number of rotatable bonds is 6. The molecule has 1 nitrogen and oxygen atoms in total. The van der Waals surface area contributed by atoms with Crippen LogP contribution in [0, 0.1) is 5.92 Å². The van der Waals surface area contributed by atoms with E-state index in [4.69, 9.17) is 4.74 Å². The summed E-state index contributed by atoms with van der Waals surface area (Å²) in [6.45, 7) is 5.12. The Hall–Kier alpha value is 0.440. The molecule has 84 valence electrons. The average molecular weight is 263 g/mol. The fraction of sp³-hybridized carbons (Fsp3) is 1.00. The first-order chi connectivity index (χ1) is 6.70. The maximum Gasteiger partial charge on any atom is 0.0518 e.